The second-order valence-corrected chi connectivity index (χ2v) is 4.98. The van der Waals surface area contributed by atoms with E-state index in [2.05, 4.69) is 15.9 Å². The SMILES string of the molecule is O=C1c2ccc(Br)cc2COc2cc(F)ccc21. The molecule has 0 atom stereocenters. The van der Waals surface area contributed by atoms with Gasteiger partial charge in [0.25, 0.3) is 0 Å². The van der Waals surface area contributed by atoms with E-state index in [-0.39, 0.29) is 12.4 Å². The fourth-order valence-electron chi connectivity index (χ4n) is 2.01. The largest absolute Gasteiger partial charge is 0.488 e. The topological polar surface area (TPSA) is 26.3 Å². The highest BCUT2D eigenvalue weighted by molar-refractivity contribution is 9.10. The maximum atomic E-state index is 13.1. The van der Waals surface area contributed by atoms with E-state index in [4.69, 9.17) is 4.74 Å². The summed E-state index contributed by atoms with van der Waals surface area (Å²) in [6.45, 7) is 0.261. The van der Waals surface area contributed by atoms with Crippen molar-refractivity contribution in [2.45, 2.75) is 6.61 Å². The summed E-state index contributed by atoms with van der Waals surface area (Å²) in [5.74, 6) is -0.244. The first-order valence-corrected chi connectivity index (χ1v) is 6.20. The zero-order valence-corrected chi connectivity index (χ0v) is 10.8. The van der Waals surface area contributed by atoms with Crippen molar-refractivity contribution < 1.29 is 13.9 Å². The molecule has 0 fully saturated rings. The van der Waals surface area contributed by atoms with Crippen molar-refractivity contribution in [3.8, 4) is 5.75 Å². The Labute approximate surface area is 112 Å². The van der Waals surface area contributed by atoms with Gasteiger partial charge >= 0.3 is 0 Å². The zero-order chi connectivity index (χ0) is 12.7. The van der Waals surface area contributed by atoms with Crippen LogP contribution in [0.5, 0.6) is 5.75 Å². The van der Waals surface area contributed by atoms with Gasteiger partial charge in [-0.15, -0.1) is 0 Å². The number of hydrogen-bond acceptors (Lipinski definition) is 2. The summed E-state index contributed by atoms with van der Waals surface area (Å²) in [5.41, 5.74) is 1.80. The molecular weight excluding hydrogens is 299 g/mol. The quantitative estimate of drug-likeness (QED) is 0.741. The fraction of sp³-hybridized carbons (Fsp3) is 0.0714. The number of halogens is 2. The summed E-state index contributed by atoms with van der Waals surface area (Å²) in [4.78, 5) is 12.3. The predicted molar refractivity (Wildman–Crippen MR) is 68.3 cm³/mol. The smallest absolute Gasteiger partial charge is 0.197 e. The average molecular weight is 307 g/mol. The van der Waals surface area contributed by atoms with Crippen LogP contribution in [-0.4, -0.2) is 5.78 Å². The Kier molecular flexibility index (Phi) is 2.67. The molecule has 2 aromatic rings. The summed E-state index contributed by atoms with van der Waals surface area (Å²) in [5, 5.41) is 0. The number of fused-ring (bicyclic) bond motifs is 2. The van der Waals surface area contributed by atoms with Gasteiger partial charge in [-0.2, -0.15) is 0 Å². The molecule has 0 spiro atoms. The minimum Gasteiger partial charge on any atom is -0.488 e. The summed E-state index contributed by atoms with van der Waals surface area (Å²) in [6, 6.07) is 9.38. The van der Waals surface area contributed by atoms with Crippen LogP contribution in [0.25, 0.3) is 0 Å². The van der Waals surface area contributed by atoms with Crippen LogP contribution < -0.4 is 4.74 Å². The molecule has 0 aliphatic carbocycles. The average Bonchev–Trinajstić information content (AvgIpc) is 2.47. The Morgan fingerprint density at radius 2 is 1.89 bits per heavy atom. The van der Waals surface area contributed by atoms with Crippen LogP contribution in [0, 0.1) is 5.82 Å². The van der Waals surface area contributed by atoms with Gasteiger partial charge in [-0.25, -0.2) is 4.39 Å². The molecule has 2 nitrogen and oxygen atoms in total. The number of hydrogen-bond donors (Lipinski definition) is 0. The summed E-state index contributed by atoms with van der Waals surface area (Å²) < 4.78 is 19.5. The number of benzene rings is 2. The Morgan fingerprint density at radius 1 is 1.11 bits per heavy atom. The van der Waals surface area contributed by atoms with Crippen LogP contribution in [0.2, 0.25) is 0 Å². The Balaban J connectivity index is 2.18. The zero-order valence-electron chi connectivity index (χ0n) is 9.24. The molecule has 0 radical (unpaired) electrons. The van der Waals surface area contributed by atoms with Gasteiger partial charge in [0, 0.05) is 21.7 Å². The van der Waals surface area contributed by atoms with Gasteiger partial charge in [-0.1, -0.05) is 15.9 Å². The number of ether oxygens (including phenoxy) is 1. The lowest BCUT2D eigenvalue weighted by atomic mass is 9.99. The molecule has 1 aliphatic heterocycles. The van der Waals surface area contributed by atoms with Crippen molar-refractivity contribution in [2.75, 3.05) is 0 Å². The molecule has 1 aliphatic rings. The van der Waals surface area contributed by atoms with E-state index in [1.165, 1.54) is 18.2 Å². The maximum absolute atomic E-state index is 13.1. The third kappa shape index (κ3) is 1.82. The van der Waals surface area contributed by atoms with Crippen molar-refractivity contribution in [1.29, 1.82) is 0 Å². The van der Waals surface area contributed by atoms with Gasteiger partial charge in [0.15, 0.2) is 5.78 Å². The molecule has 1 heterocycles. The monoisotopic (exact) mass is 306 g/mol. The Hall–Kier alpha value is -1.68. The predicted octanol–water partition coefficient (Wildman–Crippen LogP) is 3.71. The molecule has 18 heavy (non-hydrogen) atoms. The fourth-order valence-corrected chi connectivity index (χ4v) is 2.42. The van der Waals surface area contributed by atoms with Crippen molar-refractivity contribution in [1.82, 2.24) is 0 Å². The van der Waals surface area contributed by atoms with E-state index >= 15 is 0 Å². The highest BCUT2D eigenvalue weighted by Gasteiger charge is 2.22. The molecule has 0 N–H and O–H groups in total. The molecule has 3 rings (SSSR count). The molecule has 0 saturated carbocycles. The third-order valence-electron chi connectivity index (χ3n) is 2.88. The van der Waals surface area contributed by atoms with E-state index in [1.54, 1.807) is 6.07 Å². The lowest BCUT2D eigenvalue weighted by Crippen LogP contribution is -2.02. The van der Waals surface area contributed by atoms with Crippen LogP contribution in [0.3, 0.4) is 0 Å². The number of rotatable bonds is 0. The first kappa shape index (κ1) is 11.4. The van der Waals surface area contributed by atoms with Gasteiger partial charge < -0.3 is 4.74 Å². The molecule has 0 saturated heterocycles. The van der Waals surface area contributed by atoms with Crippen LogP contribution >= 0.6 is 15.9 Å². The van der Waals surface area contributed by atoms with Gasteiger partial charge in [-0.05, 0) is 30.3 Å². The van der Waals surface area contributed by atoms with Crippen LogP contribution in [0.15, 0.2) is 40.9 Å². The van der Waals surface area contributed by atoms with Crippen LogP contribution in [0.1, 0.15) is 21.5 Å². The standard InChI is InChI=1S/C14H8BrFO2/c15-9-1-3-11-8(5-9)7-18-13-6-10(16)2-4-12(13)14(11)17/h1-6H,7H2. The Morgan fingerprint density at radius 3 is 2.72 bits per heavy atom. The van der Waals surface area contributed by atoms with Gasteiger partial charge in [0.2, 0.25) is 0 Å². The normalized spacial score (nSPS) is 13.3. The first-order chi connectivity index (χ1) is 8.65. The first-order valence-electron chi connectivity index (χ1n) is 5.40. The van der Waals surface area contributed by atoms with Crippen molar-refractivity contribution in [3.05, 3.63) is 63.4 Å². The molecule has 4 heteroatoms. The minimum absolute atomic E-state index is 0.134. The molecule has 0 aromatic heterocycles. The molecular formula is C14H8BrFO2. The minimum atomic E-state index is -0.409. The maximum Gasteiger partial charge on any atom is 0.197 e. The molecule has 0 unspecified atom stereocenters. The van der Waals surface area contributed by atoms with E-state index in [0.717, 1.165) is 10.0 Å². The summed E-state index contributed by atoms with van der Waals surface area (Å²) >= 11 is 3.36. The van der Waals surface area contributed by atoms with Gasteiger partial charge in [0.1, 0.15) is 18.2 Å². The van der Waals surface area contributed by atoms with Gasteiger partial charge in [-0.3, -0.25) is 4.79 Å². The second-order valence-electron chi connectivity index (χ2n) is 4.06. The number of carbonyl (C=O) groups is 1. The van der Waals surface area contributed by atoms with Crippen LogP contribution in [-0.2, 0) is 6.61 Å². The van der Waals surface area contributed by atoms with Crippen molar-refractivity contribution >= 4 is 21.7 Å². The summed E-state index contributed by atoms with van der Waals surface area (Å²) in [6.07, 6.45) is 0. The van der Waals surface area contributed by atoms with E-state index in [1.807, 2.05) is 12.1 Å². The lowest BCUT2D eigenvalue weighted by molar-refractivity contribution is 0.103. The van der Waals surface area contributed by atoms with E-state index in [9.17, 15) is 9.18 Å². The van der Waals surface area contributed by atoms with Crippen molar-refractivity contribution in [3.63, 3.8) is 0 Å². The second kappa shape index (κ2) is 4.21. The van der Waals surface area contributed by atoms with Crippen molar-refractivity contribution in [2.24, 2.45) is 0 Å². The molecule has 90 valence electrons. The summed E-state index contributed by atoms with van der Waals surface area (Å²) in [7, 11) is 0. The van der Waals surface area contributed by atoms with E-state index < -0.39 is 5.82 Å². The highest BCUT2D eigenvalue weighted by Crippen LogP contribution is 2.30. The number of carbonyl (C=O) groups excluding carboxylic acids is 1. The highest BCUT2D eigenvalue weighted by atomic mass is 79.9. The molecule has 0 bridgehead atoms. The van der Waals surface area contributed by atoms with Gasteiger partial charge in [0.05, 0.1) is 5.56 Å². The Bertz CT molecular complexity index is 597. The molecule has 2 aromatic carbocycles. The van der Waals surface area contributed by atoms with E-state index in [0.29, 0.717) is 16.9 Å². The lowest BCUT2D eigenvalue weighted by Gasteiger charge is -2.05. The van der Waals surface area contributed by atoms with Crippen LogP contribution in [0.4, 0.5) is 4.39 Å². The number of ketones is 1. The molecule has 0 amide bonds. The third-order valence-corrected chi connectivity index (χ3v) is 3.38.